The van der Waals surface area contributed by atoms with Gasteiger partial charge in [-0.2, -0.15) is 0 Å². The van der Waals surface area contributed by atoms with Gasteiger partial charge in [0, 0.05) is 41.2 Å². The van der Waals surface area contributed by atoms with Gasteiger partial charge in [-0.05, 0) is 68.9 Å². The van der Waals surface area contributed by atoms with Gasteiger partial charge in [0.15, 0.2) is 0 Å². The number of fused-ring (bicyclic) bond motifs is 2. The van der Waals surface area contributed by atoms with Gasteiger partial charge in [-0.1, -0.05) is 58.7 Å². The summed E-state index contributed by atoms with van der Waals surface area (Å²) in [4.78, 5) is 19.0. The van der Waals surface area contributed by atoms with Crippen molar-refractivity contribution in [2.75, 3.05) is 0 Å². The molecule has 3 fully saturated rings. The van der Waals surface area contributed by atoms with Crippen molar-refractivity contribution in [3.05, 3.63) is 93.3 Å². The normalized spacial score (nSPS) is 22.0. The first-order valence-electron chi connectivity index (χ1n) is 14.5. The minimum absolute atomic E-state index is 0.137. The number of aromatic carboxylic acids is 1. The van der Waals surface area contributed by atoms with Crippen molar-refractivity contribution in [2.24, 2.45) is 0 Å². The lowest BCUT2D eigenvalue weighted by Crippen LogP contribution is -2.45. The zero-order chi connectivity index (χ0) is 28.8. The average Bonchev–Trinajstić information content (AvgIpc) is 3.72. The fourth-order valence-electron chi connectivity index (χ4n) is 6.67. The number of carboxylic acids is 1. The van der Waals surface area contributed by atoms with Gasteiger partial charge in [-0.3, -0.25) is 9.88 Å². The number of benzene rings is 2. The second-order valence-corrected chi connectivity index (χ2v) is 12.4. The maximum Gasteiger partial charge on any atom is 0.336 e. The van der Waals surface area contributed by atoms with Crippen LogP contribution >= 0.6 is 23.2 Å². The molecule has 3 aliphatic rings. The summed E-state index contributed by atoms with van der Waals surface area (Å²) in [6.07, 6.45) is 6.55. The summed E-state index contributed by atoms with van der Waals surface area (Å²) in [5, 5.41) is 15.2. The van der Waals surface area contributed by atoms with Crippen LogP contribution < -0.4 is 0 Å². The Hall–Kier alpha value is -3.23. The van der Waals surface area contributed by atoms with Crippen molar-refractivity contribution < 1.29 is 19.2 Å². The number of nitrogens with zero attached hydrogens (tertiary/aromatic N) is 3. The molecule has 216 valence electrons. The van der Waals surface area contributed by atoms with E-state index in [4.69, 9.17) is 37.4 Å². The second-order valence-electron chi connectivity index (χ2n) is 11.6. The van der Waals surface area contributed by atoms with Gasteiger partial charge >= 0.3 is 5.97 Å². The van der Waals surface area contributed by atoms with Gasteiger partial charge in [-0.15, -0.1) is 0 Å². The molecular formula is C33H31Cl2N3O4. The van der Waals surface area contributed by atoms with E-state index in [0.717, 1.165) is 73.3 Å². The Bertz CT molecular complexity index is 1600. The van der Waals surface area contributed by atoms with Crippen LogP contribution in [0.15, 0.2) is 65.2 Å². The maximum absolute atomic E-state index is 11.7. The molecule has 42 heavy (non-hydrogen) atoms. The van der Waals surface area contributed by atoms with E-state index in [9.17, 15) is 9.90 Å². The topological polar surface area (TPSA) is 88.7 Å². The molecule has 4 aromatic rings. The Labute approximate surface area is 254 Å². The molecule has 1 N–H and O–H groups in total. The molecule has 2 saturated heterocycles. The Morgan fingerprint density at radius 2 is 1.67 bits per heavy atom. The standard InChI is InChI=1S/C33H31Cl2N3O4/c34-27-8-4-9-28(35)30(27)31-26(32(42-37-31)19-11-12-19)17-38-21-13-14-22(38)16-23(15-21)41-18-20-5-3-10-29(36-20)24-6-1-2-7-25(24)33(39)40/h1-10,19,21-23H,11-18H2,(H,39,40). The van der Waals surface area contributed by atoms with Crippen molar-refractivity contribution in [3.8, 4) is 22.5 Å². The maximum atomic E-state index is 11.7. The van der Waals surface area contributed by atoms with Crippen LogP contribution in [0.3, 0.4) is 0 Å². The molecule has 1 aliphatic carbocycles. The Balaban J connectivity index is 1.05. The van der Waals surface area contributed by atoms with Crippen LogP contribution in [0.2, 0.25) is 10.0 Å². The molecule has 1 saturated carbocycles. The first kappa shape index (κ1) is 27.6. The van der Waals surface area contributed by atoms with Crippen molar-refractivity contribution in [3.63, 3.8) is 0 Å². The van der Waals surface area contributed by atoms with E-state index in [1.807, 2.05) is 42.5 Å². The smallest absolute Gasteiger partial charge is 0.336 e. The molecule has 0 amide bonds. The van der Waals surface area contributed by atoms with E-state index in [2.05, 4.69) is 10.1 Å². The third-order valence-corrected chi connectivity index (χ3v) is 9.49. The minimum Gasteiger partial charge on any atom is -0.478 e. The first-order valence-corrected chi connectivity index (χ1v) is 15.3. The van der Waals surface area contributed by atoms with Crippen LogP contribution in [-0.2, 0) is 17.9 Å². The second kappa shape index (κ2) is 11.5. The predicted octanol–water partition coefficient (Wildman–Crippen LogP) is 8.00. The van der Waals surface area contributed by atoms with E-state index in [1.165, 1.54) is 0 Å². The first-order chi connectivity index (χ1) is 20.5. The monoisotopic (exact) mass is 603 g/mol. The SMILES string of the molecule is O=C(O)c1ccccc1-c1cccc(COC2CC3CCC(C2)N3Cc2c(-c3c(Cl)cccc3Cl)noc2C2CC2)n1. The van der Waals surface area contributed by atoms with Crippen LogP contribution in [0.25, 0.3) is 22.5 Å². The summed E-state index contributed by atoms with van der Waals surface area (Å²) in [5.41, 5.74) is 4.91. The zero-order valence-electron chi connectivity index (χ0n) is 23.0. The van der Waals surface area contributed by atoms with Crippen LogP contribution in [0.5, 0.6) is 0 Å². The third kappa shape index (κ3) is 5.35. The van der Waals surface area contributed by atoms with Crippen LogP contribution in [0.4, 0.5) is 0 Å². The van der Waals surface area contributed by atoms with Gasteiger partial charge in [0.05, 0.1) is 39.7 Å². The molecule has 2 aliphatic heterocycles. The number of rotatable bonds is 9. The highest BCUT2D eigenvalue weighted by atomic mass is 35.5. The summed E-state index contributed by atoms with van der Waals surface area (Å²) >= 11 is 13.2. The molecule has 2 aromatic carbocycles. The molecule has 7 nitrogen and oxygen atoms in total. The number of ether oxygens (including phenoxy) is 1. The highest BCUT2D eigenvalue weighted by Gasteiger charge is 2.43. The van der Waals surface area contributed by atoms with Crippen molar-refractivity contribution in [1.82, 2.24) is 15.0 Å². The molecule has 0 spiro atoms. The van der Waals surface area contributed by atoms with Crippen molar-refractivity contribution in [2.45, 2.75) is 75.8 Å². The zero-order valence-corrected chi connectivity index (χ0v) is 24.5. The van der Waals surface area contributed by atoms with Crippen molar-refractivity contribution >= 4 is 29.2 Å². The summed E-state index contributed by atoms with van der Waals surface area (Å²) in [7, 11) is 0. The van der Waals surface area contributed by atoms with Crippen LogP contribution in [0, 0.1) is 0 Å². The van der Waals surface area contributed by atoms with Gasteiger partial charge in [0.2, 0.25) is 0 Å². The molecule has 0 radical (unpaired) electrons. The summed E-state index contributed by atoms with van der Waals surface area (Å²) in [6, 6.07) is 19.0. The quantitative estimate of drug-likeness (QED) is 0.207. The Morgan fingerprint density at radius 3 is 2.38 bits per heavy atom. The van der Waals surface area contributed by atoms with E-state index < -0.39 is 5.97 Å². The van der Waals surface area contributed by atoms with Crippen molar-refractivity contribution in [1.29, 1.82) is 0 Å². The number of carbonyl (C=O) groups is 1. The number of hydrogen-bond acceptors (Lipinski definition) is 6. The molecular weight excluding hydrogens is 573 g/mol. The van der Waals surface area contributed by atoms with E-state index >= 15 is 0 Å². The third-order valence-electron chi connectivity index (χ3n) is 8.86. The van der Waals surface area contributed by atoms with Crippen LogP contribution in [-0.4, -0.2) is 44.3 Å². The lowest BCUT2D eigenvalue weighted by atomic mass is 9.97. The minimum atomic E-state index is -0.964. The number of hydrogen-bond donors (Lipinski definition) is 1. The summed E-state index contributed by atoms with van der Waals surface area (Å²) in [5.74, 6) is 0.440. The largest absolute Gasteiger partial charge is 0.478 e. The fourth-order valence-corrected chi connectivity index (χ4v) is 7.25. The lowest BCUT2D eigenvalue weighted by Gasteiger charge is -2.38. The molecule has 7 rings (SSSR count). The lowest BCUT2D eigenvalue weighted by molar-refractivity contribution is -0.0316. The highest BCUT2D eigenvalue weighted by Crippen LogP contribution is 2.48. The fraction of sp³-hybridized carbons (Fsp3) is 0.364. The van der Waals surface area contributed by atoms with Gasteiger partial charge in [0.1, 0.15) is 11.5 Å². The van der Waals surface area contributed by atoms with E-state index in [-0.39, 0.29) is 11.7 Å². The van der Waals surface area contributed by atoms with E-state index in [1.54, 1.807) is 18.2 Å². The molecule has 4 heterocycles. The number of pyridine rings is 1. The van der Waals surface area contributed by atoms with Gasteiger partial charge in [-0.25, -0.2) is 4.79 Å². The molecule has 9 heteroatoms. The molecule has 2 aromatic heterocycles. The molecule has 2 bridgehead atoms. The Kier molecular flexibility index (Phi) is 7.53. The number of halogens is 2. The molecule has 2 atom stereocenters. The predicted molar refractivity (Wildman–Crippen MR) is 161 cm³/mol. The Morgan fingerprint density at radius 1 is 0.952 bits per heavy atom. The summed E-state index contributed by atoms with van der Waals surface area (Å²) in [6.45, 7) is 1.15. The number of piperidine rings is 1. The van der Waals surface area contributed by atoms with Gasteiger partial charge < -0.3 is 14.4 Å². The van der Waals surface area contributed by atoms with Crippen LogP contribution in [0.1, 0.15) is 71.8 Å². The summed E-state index contributed by atoms with van der Waals surface area (Å²) < 4.78 is 12.4. The molecule has 2 unspecified atom stereocenters. The van der Waals surface area contributed by atoms with Gasteiger partial charge in [0.25, 0.3) is 0 Å². The van der Waals surface area contributed by atoms with E-state index in [0.29, 0.717) is 45.9 Å². The number of aromatic nitrogens is 2. The number of carboxylic acid groups (broad SMARTS) is 1. The average molecular weight is 605 g/mol. The highest BCUT2D eigenvalue weighted by molar-refractivity contribution is 6.39.